The molecule has 0 amide bonds. The molecular weight excluding hydrogens is 392 g/mol. The average Bonchev–Trinajstić information content (AvgIpc) is 3.05. The number of hydrogen-bond donors (Lipinski definition) is 1. The van der Waals surface area contributed by atoms with Crippen LogP contribution in [0.2, 0.25) is 0 Å². The first-order valence-electron chi connectivity index (χ1n) is 13.6. The molecule has 0 heterocycles. The van der Waals surface area contributed by atoms with Gasteiger partial charge in [0.05, 0.1) is 6.10 Å². The highest BCUT2D eigenvalue weighted by atomic mass is 16.3. The van der Waals surface area contributed by atoms with Gasteiger partial charge in [0.2, 0.25) is 0 Å². The van der Waals surface area contributed by atoms with Crippen molar-refractivity contribution in [2.75, 3.05) is 0 Å². The molecule has 0 bridgehead atoms. The van der Waals surface area contributed by atoms with Crippen molar-refractivity contribution in [3.05, 3.63) is 12.2 Å². The van der Waals surface area contributed by atoms with Crippen molar-refractivity contribution in [1.82, 2.24) is 0 Å². The molecule has 5 aliphatic carbocycles. The number of aliphatic hydroxyl groups excluding tert-OH is 1. The summed E-state index contributed by atoms with van der Waals surface area (Å²) in [6.45, 7) is 21.3. The summed E-state index contributed by atoms with van der Waals surface area (Å²) in [4.78, 5) is 12.9. The van der Waals surface area contributed by atoms with E-state index in [9.17, 15) is 9.90 Å². The number of fused-ring (bicyclic) bond motifs is 7. The molecule has 10 atom stereocenters. The second-order valence-corrected chi connectivity index (χ2v) is 14.6. The molecular formula is C30H48O2. The molecule has 32 heavy (non-hydrogen) atoms. The van der Waals surface area contributed by atoms with Crippen LogP contribution in [0.1, 0.15) is 106 Å². The van der Waals surface area contributed by atoms with Gasteiger partial charge in [0, 0.05) is 11.8 Å². The molecule has 2 nitrogen and oxygen atoms in total. The van der Waals surface area contributed by atoms with Gasteiger partial charge in [-0.05, 0) is 110 Å². The zero-order valence-electron chi connectivity index (χ0n) is 21.9. The van der Waals surface area contributed by atoms with E-state index >= 15 is 0 Å². The van der Waals surface area contributed by atoms with Crippen LogP contribution in [-0.2, 0) is 4.79 Å². The van der Waals surface area contributed by atoms with E-state index in [0.717, 1.165) is 19.3 Å². The van der Waals surface area contributed by atoms with Gasteiger partial charge in [0.15, 0.2) is 0 Å². The van der Waals surface area contributed by atoms with Crippen LogP contribution in [0.4, 0.5) is 0 Å². The first kappa shape index (κ1) is 23.1. The Labute approximate surface area is 197 Å². The van der Waals surface area contributed by atoms with Crippen molar-refractivity contribution < 1.29 is 9.90 Å². The number of allylic oxidation sites excluding steroid dienone is 1. The van der Waals surface area contributed by atoms with Crippen LogP contribution in [0.15, 0.2) is 12.2 Å². The summed E-state index contributed by atoms with van der Waals surface area (Å²) in [5, 5.41) is 12.0. The Hall–Kier alpha value is -0.630. The van der Waals surface area contributed by atoms with Gasteiger partial charge in [-0.15, -0.1) is 0 Å². The Morgan fingerprint density at radius 2 is 1.62 bits per heavy atom. The zero-order valence-corrected chi connectivity index (χ0v) is 21.9. The van der Waals surface area contributed by atoms with Crippen molar-refractivity contribution in [2.24, 2.45) is 56.7 Å². The number of ketones is 1. The van der Waals surface area contributed by atoms with Crippen LogP contribution >= 0.6 is 0 Å². The third kappa shape index (κ3) is 2.60. The molecule has 180 valence electrons. The number of aliphatic hydroxyl groups is 1. The van der Waals surface area contributed by atoms with Crippen LogP contribution in [0, 0.1) is 56.7 Å². The number of carbonyl (C=O) groups is 1. The number of rotatable bonds is 1. The van der Waals surface area contributed by atoms with E-state index < -0.39 is 0 Å². The Morgan fingerprint density at radius 1 is 0.938 bits per heavy atom. The molecule has 5 rings (SSSR count). The van der Waals surface area contributed by atoms with E-state index in [-0.39, 0.29) is 27.8 Å². The van der Waals surface area contributed by atoms with E-state index in [1.165, 1.54) is 37.7 Å². The predicted octanol–water partition coefficient (Wildman–Crippen LogP) is 7.20. The summed E-state index contributed by atoms with van der Waals surface area (Å²) >= 11 is 0. The molecule has 0 aromatic heterocycles. The maximum atomic E-state index is 12.9. The first-order chi connectivity index (χ1) is 14.7. The van der Waals surface area contributed by atoms with Crippen molar-refractivity contribution >= 4 is 5.78 Å². The maximum Gasteiger partial charge on any atom is 0.138 e. The number of Topliss-reactive ketones (excluding diaryl/α,β-unsaturated/α-hetero) is 1. The lowest BCUT2D eigenvalue weighted by molar-refractivity contribution is -0.264. The Kier molecular flexibility index (Phi) is 4.87. The SMILES string of the molecule is C=C(C)[C@@H]1CC[C@]2(C)CC[C@]3(C)[C@H](C[C@@H](O)[C@@H]4[C@@]5(C)CCC(=O)C(C)(C)[C@@H]5CC[C@]43C)[C@H]12. The zero-order chi connectivity index (χ0) is 23.5. The molecule has 5 fully saturated rings. The minimum atomic E-state index is -0.257. The van der Waals surface area contributed by atoms with Crippen molar-refractivity contribution in [3.63, 3.8) is 0 Å². The van der Waals surface area contributed by atoms with Crippen molar-refractivity contribution in [1.29, 1.82) is 0 Å². The van der Waals surface area contributed by atoms with Gasteiger partial charge in [0.1, 0.15) is 5.78 Å². The summed E-state index contributed by atoms with van der Waals surface area (Å²) in [6.07, 6.45) is 9.92. The minimum Gasteiger partial charge on any atom is -0.393 e. The second kappa shape index (κ2) is 6.73. The van der Waals surface area contributed by atoms with Gasteiger partial charge >= 0.3 is 0 Å². The average molecular weight is 441 g/mol. The van der Waals surface area contributed by atoms with Crippen molar-refractivity contribution in [2.45, 2.75) is 112 Å². The Morgan fingerprint density at radius 3 is 2.28 bits per heavy atom. The maximum absolute atomic E-state index is 12.9. The van der Waals surface area contributed by atoms with Gasteiger partial charge in [-0.1, -0.05) is 53.7 Å². The molecule has 0 aromatic carbocycles. The first-order valence-corrected chi connectivity index (χ1v) is 13.6. The van der Waals surface area contributed by atoms with E-state index in [1.54, 1.807) is 0 Å². The lowest BCUT2D eigenvalue weighted by atomic mass is 9.32. The third-order valence-electron chi connectivity index (χ3n) is 13.2. The quantitative estimate of drug-likeness (QED) is 0.438. The van der Waals surface area contributed by atoms with Gasteiger partial charge in [0.25, 0.3) is 0 Å². The molecule has 0 saturated heterocycles. The monoisotopic (exact) mass is 440 g/mol. The van der Waals surface area contributed by atoms with Gasteiger partial charge in [-0.25, -0.2) is 0 Å². The lowest BCUT2D eigenvalue weighted by Gasteiger charge is -2.73. The van der Waals surface area contributed by atoms with Crippen molar-refractivity contribution in [3.8, 4) is 0 Å². The molecule has 2 heteroatoms. The van der Waals surface area contributed by atoms with Crippen LogP contribution in [0.25, 0.3) is 0 Å². The topological polar surface area (TPSA) is 37.3 Å². The van der Waals surface area contributed by atoms with Crippen LogP contribution in [-0.4, -0.2) is 17.0 Å². The third-order valence-corrected chi connectivity index (χ3v) is 13.2. The van der Waals surface area contributed by atoms with E-state index in [4.69, 9.17) is 0 Å². The fourth-order valence-electron chi connectivity index (χ4n) is 11.4. The summed E-state index contributed by atoms with van der Waals surface area (Å²) in [6, 6.07) is 0. The van der Waals surface area contributed by atoms with Crippen LogP contribution in [0.5, 0.6) is 0 Å². The van der Waals surface area contributed by atoms with Gasteiger partial charge in [-0.3, -0.25) is 4.79 Å². The minimum absolute atomic E-state index is 0.0575. The number of hydrogen-bond acceptors (Lipinski definition) is 2. The Bertz CT molecular complexity index is 842. The highest BCUT2D eigenvalue weighted by Crippen LogP contribution is 2.77. The molecule has 0 spiro atoms. The van der Waals surface area contributed by atoms with Gasteiger partial charge in [-0.2, -0.15) is 0 Å². The highest BCUT2D eigenvalue weighted by Gasteiger charge is 2.72. The molecule has 5 aliphatic rings. The summed E-state index contributed by atoms with van der Waals surface area (Å²) in [5.74, 6) is 3.02. The summed E-state index contributed by atoms with van der Waals surface area (Å²) in [7, 11) is 0. The summed E-state index contributed by atoms with van der Waals surface area (Å²) in [5.41, 5.74) is 1.99. The van der Waals surface area contributed by atoms with E-state index in [2.05, 4.69) is 55.0 Å². The molecule has 5 saturated carbocycles. The fourth-order valence-corrected chi connectivity index (χ4v) is 11.4. The Balaban J connectivity index is 1.59. The lowest BCUT2D eigenvalue weighted by Crippen LogP contribution is -2.69. The van der Waals surface area contributed by atoms with E-state index in [1.807, 2.05) is 0 Å². The molecule has 0 aromatic rings. The molecule has 0 radical (unpaired) electrons. The largest absolute Gasteiger partial charge is 0.393 e. The standard InChI is InChI=1S/C30H48O2/c1-18(2)19-9-12-27(5)15-16-29(7)20(24(19)27)17-21(31)25-28(6)13-11-23(32)26(3,4)22(28)10-14-30(25,29)8/h19-22,24-25,31H,1,9-17H2,2-8H3/t19-,20+,21+,22-,24-,25+,27+,28-,29+,30+/m0/s1. The predicted molar refractivity (Wildman–Crippen MR) is 131 cm³/mol. The van der Waals surface area contributed by atoms with Gasteiger partial charge < -0.3 is 5.11 Å². The number of carbonyl (C=O) groups excluding carboxylic acids is 1. The molecule has 0 unspecified atom stereocenters. The van der Waals surface area contributed by atoms with Crippen LogP contribution in [0.3, 0.4) is 0 Å². The normalized spacial score (nSPS) is 56.6. The van der Waals surface area contributed by atoms with E-state index in [0.29, 0.717) is 47.2 Å². The highest BCUT2D eigenvalue weighted by molar-refractivity contribution is 5.85. The van der Waals surface area contributed by atoms with Crippen LogP contribution < -0.4 is 0 Å². The second-order valence-electron chi connectivity index (χ2n) is 14.6. The fraction of sp³-hybridized carbons (Fsp3) is 0.900. The summed E-state index contributed by atoms with van der Waals surface area (Å²) < 4.78 is 0. The smallest absolute Gasteiger partial charge is 0.138 e. The molecule has 1 N–H and O–H groups in total. The molecule has 0 aliphatic heterocycles.